The lowest BCUT2D eigenvalue weighted by molar-refractivity contribution is -0.176. The number of hydrogen-bond acceptors (Lipinski definition) is 4. The highest BCUT2D eigenvalue weighted by Crippen LogP contribution is 2.18. The molecule has 1 aliphatic heterocycles. The topological polar surface area (TPSA) is 45.7 Å². The highest BCUT2D eigenvalue weighted by molar-refractivity contribution is 9.10. The molecular formula is C19H19BrF3N3O2. The molecule has 0 saturated carbocycles. The van der Waals surface area contributed by atoms with Gasteiger partial charge in [0.25, 0.3) is 5.91 Å². The van der Waals surface area contributed by atoms with E-state index in [1.165, 1.54) is 0 Å². The molecule has 2 aromatic rings. The number of aromatic nitrogens is 1. The molecule has 1 amide bonds. The van der Waals surface area contributed by atoms with Crippen LogP contribution in [0.4, 0.5) is 19.0 Å². The summed E-state index contributed by atoms with van der Waals surface area (Å²) < 4.78 is 41.9. The van der Waals surface area contributed by atoms with Crippen molar-refractivity contribution in [3.63, 3.8) is 0 Å². The third-order valence-corrected chi connectivity index (χ3v) is 4.81. The maximum Gasteiger partial charge on any atom is 0.411 e. The number of carbonyl (C=O) groups excluding carboxylic acids is 1. The predicted octanol–water partition coefficient (Wildman–Crippen LogP) is 3.89. The number of carbonyl (C=O) groups is 1. The Morgan fingerprint density at radius 1 is 1.07 bits per heavy atom. The van der Waals surface area contributed by atoms with E-state index in [4.69, 9.17) is 0 Å². The van der Waals surface area contributed by atoms with E-state index >= 15 is 0 Å². The van der Waals surface area contributed by atoms with Crippen LogP contribution < -0.4 is 4.90 Å². The van der Waals surface area contributed by atoms with E-state index in [0.717, 1.165) is 10.3 Å². The van der Waals surface area contributed by atoms with E-state index in [1.807, 2.05) is 12.1 Å². The molecule has 0 N–H and O–H groups in total. The second-order valence-electron chi connectivity index (χ2n) is 6.42. The van der Waals surface area contributed by atoms with E-state index in [0.29, 0.717) is 37.3 Å². The molecule has 0 unspecified atom stereocenters. The fourth-order valence-corrected chi connectivity index (χ4v) is 3.14. The quantitative estimate of drug-likeness (QED) is 0.683. The smallest absolute Gasteiger partial charge is 0.367 e. The normalized spacial score (nSPS) is 15.0. The summed E-state index contributed by atoms with van der Waals surface area (Å²) in [5.74, 6) is 0.782. The van der Waals surface area contributed by atoms with Crippen molar-refractivity contribution in [3.8, 4) is 0 Å². The molecule has 3 rings (SSSR count). The van der Waals surface area contributed by atoms with Gasteiger partial charge in [0.15, 0.2) is 0 Å². The van der Waals surface area contributed by atoms with Crippen LogP contribution in [0, 0.1) is 0 Å². The second kappa shape index (κ2) is 8.91. The Kier molecular flexibility index (Phi) is 6.56. The van der Waals surface area contributed by atoms with Crippen molar-refractivity contribution < 1.29 is 22.7 Å². The molecule has 9 heteroatoms. The van der Waals surface area contributed by atoms with Crippen molar-refractivity contribution in [3.05, 3.63) is 58.2 Å². The van der Waals surface area contributed by atoms with Crippen LogP contribution in [0.1, 0.15) is 15.9 Å². The average molecular weight is 458 g/mol. The lowest BCUT2D eigenvalue weighted by Gasteiger charge is -2.35. The van der Waals surface area contributed by atoms with Gasteiger partial charge in [-0.25, -0.2) is 4.98 Å². The fraction of sp³-hybridized carbons (Fsp3) is 0.368. The summed E-state index contributed by atoms with van der Waals surface area (Å²) >= 11 is 3.36. The molecule has 0 atom stereocenters. The molecule has 1 aromatic carbocycles. The van der Waals surface area contributed by atoms with E-state index in [9.17, 15) is 18.0 Å². The Morgan fingerprint density at radius 2 is 1.75 bits per heavy atom. The maximum absolute atomic E-state index is 12.6. The van der Waals surface area contributed by atoms with Crippen LogP contribution in [0.15, 0.2) is 47.1 Å². The van der Waals surface area contributed by atoms with E-state index in [2.05, 4.69) is 30.6 Å². The van der Waals surface area contributed by atoms with Crippen LogP contribution in [0.3, 0.4) is 0 Å². The first-order chi connectivity index (χ1) is 13.3. The first-order valence-corrected chi connectivity index (χ1v) is 9.50. The summed E-state index contributed by atoms with van der Waals surface area (Å²) in [6.45, 7) is 1.09. The zero-order valence-electron chi connectivity index (χ0n) is 15.0. The van der Waals surface area contributed by atoms with Crippen LogP contribution >= 0.6 is 15.9 Å². The number of amides is 1. The summed E-state index contributed by atoms with van der Waals surface area (Å²) in [5, 5.41) is 0. The van der Waals surface area contributed by atoms with Crippen LogP contribution in [0.25, 0.3) is 0 Å². The number of alkyl halides is 3. The lowest BCUT2D eigenvalue weighted by atomic mass is 10.1. The molecule has 0 bridgehead atoms. The van der Waals surface area contributed by atoms with Crippen molar-refractivity contribution in [1.82, 2.24) is 9.88 Å². The van der Waals surface area contributed by atoms with E-state index in [-0.39, 0.29) is 12.5 Å². The molecule has 1 aliphatic rings. The third-order valence-electron chi connectivity index (χ3n) is 4.34. The van der Waals surface area contributed by atoms with Gasteiger partial charge in [-0.15, -0.1) is 0 Å². The number of ether oxygens (including phenoxy) is 1. The summed E-state index contributed by atoms with van der Waals surface area (Å²) in [4.78, 5) is 20.9. The predicted molar refractivity (Wildman–Crippen MR) is 102 cm³/mol. The minimum absolute atomic E-state index is 0.0915. The third kappa shape index (κ3) is 5.68. The molecular weight excluding hydrogens is 439 g/mol. The summed E-state index contributed by atoms with van der Waals surface area (Å²) in [6.07, 6.45) is -2.60. The Balaban J connectivity index is 1.51. The first-order valence-electron chi connectivity index (χ1n) is 8.71. The van der Waals surface area contributed by atoms with Crippen molar-refractivity contribution >= 4 is 27.7 Å². The van der Waals surface area contributed by atoms with Crippen molar-refractivity contribution in [2.75, 3.05) is 37.7 Å². The summed E-state index contributed by atoms with van der Waals surface area (Å²) in [7, 11) is 0. The van der Waals surface area contributed by atoms with Crippen LogP contribution in [0.2, 0.25) is 0 Å². The Bertz CT molecular complexity index is 790. The molecule has 5 nitrogen and oxygen atoms in total. The summed E-state index contributed by atoms with van der Waals surface area (Å²) in [6, 6.07) is 10.3. The van der Waals surface area contributed by atoms with Gasteiger partial charge >= 0.3 is 6.18 Å². The number of hydrogen-bond donors (Lipinski definition) is 0. The molecule has 0 radical (unpaired) electrons. The molecule has 2 heterocycles. The molecule has 1 fully saturated rings. The van der Waals surface area contributed by atoms with Crippen molar-refractivity contribution in [2.45, 2.75) is 12.8 Å². The highest BCUT2D eigenvalue weighted by atomic mass is 79.9. The van der Waals surface area contributed by atoms with Gasteiger partial charge in [0.1, 0.15) is 12.4 Å². The summed E-state index contributed by atoms with van der Waals surface area (Å²) in [5.41, 5.74) is 1.10. The molecule has 28 heavy (non-hydrogen) atoms. The Hall–Kier alpha value is -2.13. The molecule has 1 aromatic heterocycles. The van der Waals surface area contributed by atoms with Crippen LogP contribution in [-0.2, 0) is 11.3 Å². The van der Waals surface area contributed by atoms with E-state index in [1.54, 1.807) is 35.4 Å². The maximum atomic E-state index is 12.6. The number of halogens is 4. The van der Waals surface area contributed by atoms with Gasteiger partial charge in [0.2, 0.25) is 0 Å². The zero-order valence-corrected chi connectivity index (χ0v) is 16.5. The number of rotatable bonds is 5. The standard InChI is InChI=1S/C19H19BrF3N3O2/c20-16-5-6-17(24-11-16)25-7-9-26(10-8-25)18(27)15-3-1-14(2-4-15)12-28-13-19(21,22)23/h1-6,11H,7-10,12-13H2. The Morgan fingerprint density at radius 3 is 2.32 bits per heavy atom. The first kappa shape index (κ1) is 20.6. The number of pyridine rings is 1. The number of piperazine rings is 1. The van der Waals surface area contributed by atoms with Gasteiger partial charge in [0.05, 0.1) is 6.61 Å². The zero-order chi connectivity index (χ0) is 20.1. The minimum atomic E-state index is -4.34. The van der Waals surface area contributed by atoms with E-state index < -0.39 is 12.8 Å². The van der Waals surface area contributed by atoms with Gasteiger partial charge in [-0.05, 0) is 45.8 Å². The number of nitrogens with zero attached hydrogens (tertiary/aromatic N) is 3. The van der Waals surface area contributed by atoms with Crippen LogP contribution in [-0.4, -0.2) is 54.8 Å². The monoisotopic (exact) mass is 457 g/mol. The SMILES string of the molecule is O=C(c1ccc(COCC(F)(F)F)cc1)N1CCN(c2ccc(Br)cn2)CC1. The Labute approximate surface area is 169 Å². The highest BCUT2D eigenvalue weighted by Gasteiger charge is 2.27. The average Bonchev–Trinajstić information content (AvgIpc) is 2.68. The number of anilines is 1. The van der Waals surface area contributed by atoms with Gasteiger partial charge in [0, 0.05) is 42.4 Å². The largest absolute Gasteiger partial charge is 0.411 e. The molecule has 1 saturated heterocycles. The van der Waals surface area contributed by atoms with Gasteiger partial charge in [-0.1, -0.05) is 12.1 Å². The van der Waals surface area contributed by atoms with Crippen LogP contribution in [0.5, 0.6) is 0 Å². The van der Waals surface area contributed by atoms with Crippen molar-refractivity contribution in [1.29, 1.82) is 0 Å². The van der Waals surface area contributed by atoms with Gasteiger partial charge in [-0.2, -0.15) is 13.2 Å². The van der Waals surface area contributed by atoms with Crippen molar-refractivity contribution in [2.24, 2.45) is 0 Å². The second-order valence-corrected chi connectivity index (χ2v) is 7.33. The minimum Gasteiger partial charge on any atom is -0.367 e. The molecule has 0 spiro atoms. The number of benzene rings is 1. The molecule has 0 aliphatic carbocycles. The van der Waals surface area contributed by atoms with Gasteiger partial charge < -0.3 is 14.5 Å². The van der Waals surface area contributed by atoms with Gasteiger partial charge in [-0.3, -0.25) is 4.79 Å². The lowest BCUT2D eigenvalue weighted by Crippen LogP contribution is -2.49. The fourth-order valence-electron chi connectivity index (χ4n) is 2.90. The molecule has 150 valence electrons.